The third kappa shape index (κ3) is 5.05. The van der Waals surface area contributed by atoms with Crippen LogP contribution < -0.4 is 4.90 Å². The van der Waals surface area contributed by atoms with E-state index in [1.807, 2.05) is 0 Å². The molecule has 1 heteroatoms. The van der Waals surface area contributed by atoms with Crippen LogP contribution in [0.15, 0.2) is 188 Å². The highest BCUT2D eigenvalue weighted by Crippen LogP contribution is 2.40. The summed E-state index contributed by atoms with van der Waals surface area (Å²) in [5.74, 6) is 0. The first kappa shape index (κ1) is 26.7. The maximum absolute atomic E-state index is 2.32. The van der Waals surface area contributed by atoms with Crippen molar-refractivity contribution in [2.75, 3.05) is 4.90 Å². The highest BCUT2D eigenvalue weighted by atomic mass is 15.1. The van der Waals surface area contributed by atoms with Gasteiger partial charge in [0.25, 0.3) is 0 Å². The Labute approximate surface area is 264 Å². The molecule has 0 aliphatic heterocycles. The van der Waals surface area contributed by atoms with Crippen LogP contribution in [0.4, 0.5) is 17.1 Å². The first-order valence-corrected chi connectivity index (χ1v) is 15.4. The maximum Gasteiger partial charge on any atom is 0.0462 e. The van der Waals surface area contributed by atoms with Crippen molar-refractivity contribution in [1.29, 1.82) is 0 Å². The minimum atomic E-state index is 1.12. The number of hydrogen-bond acceptors (Lipinski definition) is 1. The average molecular weight is 574 g/mol. The van der Waals surface area contributed by atoms with Crippen LogP contribution in [0.2, 0.25) is 0 Å². The molecule has 0 spiro atoms. The van der Waals surface area contributed by atoms with E-state index in [0.29, 0.717) is 0 Å². The SMILES string of the molecule is c1ccc(-c2ccc(N(c3ccccc3)c3ccc(-c4ccc(-c5cccc6ccccc56)c5ccccc45)cc3)cc2)cc1. The van der Waals surface area contributed by atoms with E-state index in [4.69, 9.17) is 0 Å². The van der Waals surface area contributed by atoms with Gasteiger partial charge in [-0.3, -0.25) is 0 Å². The summed E-state index contributed by atoms with van der Waals surface area (Å²) >= 11 is 0. The number of anilines is 3. The number of nitrogens with zero attached hydrogens (tertiary/aromatic N) is 1. The van der Waals surface area contributed by atoms with Crippen molar-refractivity contribution >= 4 is 38.6 Å². The van der Waals surface area contributed by atoms with Crippen LogP contribution in [-0.2, 0) is 0 Å². The molecule has 0 aliphatic rings. The Bertz CT molecular complexity index is 2230. The average Bonchev–Trinajstić information content (AvgIpc) is 3.13. The standard InChI is InChI=1S/C44H31N/c1-3-12-32(13-4-1)33-22-26-37(27-23-33)45(36-16-5-2-6-17-36)38-28-24-35(25-29-38)40-30-31-44(43-20-10-9-19-41(40)43)42-21-11-15-34-14-7-8-18-39(34)42/h1-31H. The molecular weight excluding hydrogens is 542 g/mol. The predicted molar refractivity (Wildman–Crippen MR) is 192 cm³/mol. The molecule has 0 radical (unpaired) electrons. The summed E-state index contributed by atoms with van der Waals surface area (Å²) in [7, 11) is 0. The second-order valence-electron chi connectivity index (χ2n) is 11.4. The molecule has 0 heterocycles. The van der Waals surface area contributed by atoms with Crippen LogP contribution in [0, 0.1) is 0 Å². The normalized spacial score (nSPS) is 11.1. The van der Waals surface area contributed by atoms with Gasteiger partial charge < -0.3 is 4.90 Å². The molecule has 0 N–H and O–H groups in total. The molecule has 0 saturated heterocycles. The van der Waals surface area contributed by atoms with E-state index < -0.39 is 0 Å². The lowest BCUT2D eigenvalue weighted by molar-refractivity contribution is 1.28. The number of rotatable bonds is 6. The van der Waals surface area contributed by atoms with Gasteiger partial charge in [-0.1, -0.05) is 152 Å². The summed E-state index contributed by atoms with van der Waals surface area (Å²) in [6.07, 6.45) is 0. The fraction of sp³-hybridized carbons (Fsp3) is 0. The Kier molecular flexibility index (Phi) is 6.90. The van der Waals surface area contributed by atoms with Gasteiger partial charge in [0.2, 0.25) is 0 Å². The molecule has 45 heavy (non-hydrogen) atoms. The van der Waals surface area contributed by atoms with Crippen molar-refractivity contribution in [3.63, 3.8) is 0 Å². The summed E-state index contributed by atoms with van der Waals surface area (Å²) in [4.78, 5) is 2.32. The Hall–Kier alpha value is -5.92. The van der Waals surface area contributed by atoms with Gasteiger partial charge in [-0.25, -0.2) is 0 Å². The lowest BCUT2D eigenvalue weighted by atomic mass is 9.90. The van der Waals surface area contributed by atoms with Crippen LogP contribution in [0.25, 0.3) is 54.9 Å². The zero-order chi connectivity index (χ0) is 30.0. The molecule has 8 rings (SSSR count). The van der Waals surface area contributed by atoms with Gasteiger partial charge in [-0.2, -0.15) is 0 Å². The van der Waals surface area contributed by atoms with Crippen molar-refractivity contribution in [2.24, 2.45) is 0 Å². The minimum Gasteiger partial charge on any atom is -0.311 e. The van der Waals surface area contributed by atoms with Gasteiger partial charge in [-0.15, -0.1) is 0 Å². The molecule has 0 unspecified atom stereocenters. The summed E-state index contributed by atoms with van der Waals surface area (Å²) in [5.41, 5.74) is 10.8. The molecular formula is C44H31N. The van der Waals surface area contributed by atoms with E-state index in [1.165, 1.54) is 54.9 Å². The Morgan fingerprint density at radius 1 is 0.244 bits per heavy atom. The van der Waals surface area contributed by atoms with Gasteiger partial charge in [-0.05, 0) is 91.3 Å². The highest BCUT2D eigenvalue weighted by molar-refractivity contribution is 6.09. The summed E-state index contributed by atoms with van der Waals surface area (Å²) < 4.78 is 0. The third-order valence-electron chi connectivity index (χ3n) is 8.69. The molecule has 1 nitrogen and oxygen atoms in total. The molecule has 0 aliphatic carbocycles. The molecule has 8 aromatic carbocycles. The van der Waals surface area contributed by atoms with Crippen molar-refractivity contribution in [1.82, 2.24) is 0 Å². The molecule has 0 saturated carbocycles. The van der Waals surface area contributed by atoms with Gasteiger partial charge >= 0.3 is 0 Å². The Balaban J connectivity index is 1.19. The second kappa shape index (κ2) is 11.6. The molecule has 8 aromatic rings. The largest absolute Gasteiger partial charge is 0.311 e. The van der Waals surface area contributed by atoms with E-state index in [0.717, 1.165) is 17.1 Å². The van der Waals surface area contributed by atoms with Crippen LogP contribution in [0.3, 0.4) is 0 Å². The lowest BCUT2D eigenvalue weighted by Crippen LogP contribution is -2.09. The smallest absolute Gasteiger partial charge is 0.0462 e. The number of para-hydroxylation sites is 1. The summed E-state index contributed by atoms with van der Waals surface area (Å²) in [6, 6.07) is 67.5. The minimum absolute atomic E-state index is 1.12. The topological polar surface area (TPSA) is 3.24 Å². The molecule has 0 bridgehead atoms. The fourth-order valence-electron chi connectivity index (χ4n) is 6.49. The quantitative estimate of drug-likeness (QED) is 0.191. The van der Waals surface area contributed by atoms with E-state index in [-0.39, 0.29) is 0 Å². The van der Waals surface area contributed by atoms with Crippen LogP contribution in [0.1, 0.15) is 0 Å². The maximum atomic E-state index is 2.32. The van der Waals surface area contributed by atoms with Crippen LogP contribution in [-0.4, -0.2) is 0 Å². The van der Waals surface area contributed by atoms with E-state index in [9.17, 15) is 0 Å². The fourth-order valence-corrected chi connectivity index (χ4v) is 6.49. The van der Waals surface area contributed by atoms with Gasteiger partial charge in [0.15, 0.2) is 0 Å². The van der Waals surface area contributed by atoms with E-state index >= 15 is 0 Å². The number of hydrogen-bond donors (Lipinski definition) is 0. The number of benzene rings is 8. The lowest BCUT2D eigenvalue weighted by Gasteiger charge is -2.26. The molecule has 212 valence electrons. The third-order valence-corrected chi connectivity index (χ3v) is 8.69. The Morgan fingerprint density at radius 2 is 0.689 bits per heavy atom. The molecule has 0 aromatic heterocycles. The van der Waals surface area contributed by atoms with E-state index in [2.05, 4.69) is 193 Å². The van der Waals surface area contributed by atoms with Crippen molar-refractivity contribution in [3.8, 4) is 33.4 Å². The van der Waals surface area contributed by atoms with Crippen LogP contribution >= 0.6 is 0 Å². The zero-order valence-corrected chi connectivity index (χ0v) is 24.8. The molecule has 0 fully saturated rings. The van der Waals surface area contributed by atoms with Crippen LogP contribution in [0.5, 0.6) is 0 Å². The number of fused-ring (bicyclic) bond motifs is 2. The van der Waals surface area contributed by atoms with Gasteiger partial charge in [0, 0.05) is 17.1 Å². The summed E-state index contributed by atoms with van der Waals surface area (Å²) in [6.45, 7) is 0. The van der Waals surface area contributed by atoms with Gasteiger partial charge in [0.05, 0.1) is 0 Å². The predicted octanol–water partition coefficient (Wildman–Crippen LogP) is 12.5. The monoisotopic (exact) mass is 573 g/mol. The molecule has 0 atom stereocenters. The second-order valence-corrected chi connectivity index (χ2v) is 11.4. The highest BCUT2D eigenvalue weighted by Gasteiger charge is 2.15. The van der Waals surface area contributed by atoms with Crippen molar-refractivity contribution in [2.45, 2.75) is 0 Å². The van der Waals surface area contributed by atoms with Crippen molar-refractivity contribution < 1.29 is 0 Å². The first-order chi connectivity index (χ1) is 22.3. The van der Waals surface area contributed by atoms with Gasteiger partial charge in [0.1, 0.15) is 0 Å². The summed E-state index contributed by atoms with van der Waals surface area (Å²) in [5, 5.41) is 5.06. The first-order valence-electron chi connectivity index (χ1n) is 15.4. The van der Waals surface area contributed by atoms with Crippen molar-refractivity contribution in [3.05, 3.63) is 188 Å². The molecule has 0 amide bonds. The zero-order valence-electron chi connectivity index (χ0n) is 24.8. The Morgan fingerprint density at radius 3 is 1.38 bits per heavy atom. The van der Waals surface area contributed by atoms with E-state index in [1.54, 1.807) is 0 Å².